The Morgan fingerprint density at radius 1 is 1.47 bits per heavy atom. The Balaban J connectivity index is 1.99. The van der Waals surface area contributed by atoms with Crippen molar-refractivity contribution in [3.05, 3.63) is 23.8 Å². The minimum Gasteiger partial charge on any atom is -0.485 e. The molecule has 1 amide bonds. The molecule has 0 saturated carbocycles. The number of hydrogen-bond acceptors (Lipinski definition) is 8. The Bertz CT molecular complexity index is 1060. The zero-order chi connectivity index (χ0) is 23.7. The summed E-state index contributed by atoms with van der Waals surface area (Å²) in [6.45, 7) is 5.48. The molecule has 2 aliphatic heterocycles. The third-order valence-electron chi connectivity index (χ3n) is 6.05. The summed E-state index contributed by atoms with van der Waals surface area (Å²) in [6, 6.07) is 4.46. The smallest absolute Gasteiger partial charge is 0.263 e. The van der Waals surface area contributed by atoms with Crippen LogP contribution < -0.4 is 10.5 Å². The molecule has 0 spiro atoms. The fourth-order valence-electron chi connectivity index (χ4n) is 4.05. The van der Waals surface area contributed by atoms with Gasteiger partial charge >= 0.3 is 0 Å². The van der Waals surface area contributed by atoms with E-state index >= 15 is 0 Å². The van der Waals surface area contributed by atoms with E-state index in [1.807, 2.05) is 0 Å². The van der Waals surface area contributed by atoms with Gasteiger partial charge in [-0.1, -0.05) is 0 Å². The second kappa shape index (κ2) is 8.78. The average molecular weight is 464 g/mol. The van der Waals surface area contributed by atoms with E-state index in [-0.39, 0.29) is 30.8 Å². The van der Waals surface area contributed by atoms with Crippen molar-refractivity contribution in [2.24, 2.45) is 10.7 Å². The minimum atomic E-state index is -4.14. The maximum atomic E-state index is 13.6. The van der Waals surface area contributed by atoms with Gasteiger partial charge in [0.1, 0.15) is 17.7 Å². The van der Waals surface area contributed by atoms with Crippen molar-refractivity contribution in [1.82, 2.24) is 9.21 Å². The molecule has 0 aromatic heterocycles. The van der Waals surface area contributed by atoms with Crippen molar-refractivity contribution < 1.29 is 23.1 Å². The van der Waals surface area contributed by atoms with Gasteiger partial charge in [-0.25, -0.2) is 8.42 Å². The SMILES string of the molecule is CCN(C=NC#N)C(=O)C1(N)CCCCN1S(=O)(=O)c1ccc2c(c1)CC(O)C(C)(C)O2. The third kappa shape index (κ3) is 4.23. The number of aliphatic imine (C=N–C) groups is 1. The first-order valence-corrected chi connectivity index (χ1v) is 12.0. The third-order valence-corrected chi connectivity index (χ3v) is 7.99. The molecule has 0 aliphatic carbocycles. The number of hydrogen-bond donors (Lipinski definition) is 2. The van der Waals surface area contributed by atoms with Gasteiger partial charge in [-0.2, -0.15) is 14.6 Å². The highest BCUT2D eigenvalue weighted by Gasteiger charge is 2.50. The molecule has 11 heteroatoms. The number of aliphatic hydroxyl groups is 1. The first-order chi connectivity index (χ1) is 15.0. The van der Waals surface area contributed by atoms with Crippen LogP contribution in [0.2, 0.25) is 0 Å². The molecule has 32 heavy (non-hydrogen) atoms. The normalized spacial score (nSPS) is 25.6. The van der Waals surface area contributed by atoms with Gasteiger partial charge in [0.15, 0.2) is 5.66 Å². The number of nitriles is 1. The number of fused-ring (bicyclic) bond motifs is 1. The van der Waals surface area contributed by atoms with Gasteiger partial charge in [0, 0.05) is 19.5 Å². The quantitative estimate of drug-likeness (QED) is 0.375. The summed E-state index contributed by atoms with van der Waals surface area (Å²) in [4.78, 5) is 17.8. The van der Waals surface area contributed by atoms with Crippen LogP contribution in [-0.2, 0) is 21.2 Å². The van der Waals surface area contributed by atoms with Gasteiger partial charge in [-0.15, -0.1) is 0 Å². The fraction of sp³-hybridized carbons (Fsp3) is 0.571. The van der Waals surface area contributed by atoms with E-state index in [0.717, 1.165) is 15.5 Å². The largest absolute Gasteiger partial charge is 0.485 e. The van der Waals surface area contributed by atoms with Gasteiger partial charge < -0.3 is 15.6 Å². The standard InChI is InChI=1S/C21H29N5O5S/c1-4-25(14-24-13-22)19(28)21(23)9-5-6-10-26(21)32(29,30)16-7-8-17-15(11-16)12-18(27)20(2,3)31-17/h7-8,11,14,18,27H,4-6,9-10,12,23H2,1-3H3. The molecule has 3 rings (SSSR count). The summed E-state index contributed by atoms with van der Waals surface area (Å²) in [5, 5.41) is 19.0. The number of carbonyl (C=O) groups is 1. The predicted molar refractivity (Wildman–Crippen MR) is 117 cm³/mol. The lowest BCUT2D eigenvalue weighted by Crippen LogP contribution is -2.68. The van der Waals surface area contributed by atoms with Crippen LogP contribution in [0.15, 0.2) is 28.1 Å². The number of ether oxygens (including phenoxy) is 1. The Morgan fingerprint density at radius 2 is 2.19 bits per heavy atom. The van der Waals surface area contributed by atoms with Crippen molar-refractivity contribution >= 4 is 22.3 Å². The molecule has 2 atom stereocenters. The molecule has 1 aromatic carbocycles. The zero-order valence-electron chi connectivity index (χ0n) is 18.5. The lowest BCUT2D eigenvalue weighted by atomic mass is 9.91. The Labute approximate surface area is 188 Å². The number of likely N-dealkylation sites (N-methyl/N-ethyl adjacent to an activating group) is 1. The summed E-state index contributed by atoms with van der Waals surface area (Å²) in [7, 11) is -4.14. The van der Waals surface area contributed by atoms with Crippen molar-refractivity contribution in [2.45, 2.75) is 68.7 Å². The Kier molecular flexibility index (Phi) is 6.62. The molecule has 2 aliphatic rings. The molecule has 2 unspecified atom stereocenters. The van der Waals surface area contributed by atoms with Crippen LogP contribution >= 0.6 is 0 Å². The second-order valence-electron chi connectivity index (χ2n) is 8.59. The van der Waals surface area contributed by atoms with Gasteiger partial charge in [-0.3, -0.25) is 9.69 Å². The molecule has 3 N–H and O–H groups in total. The van der Waals surface area contributed by atoms with Crippen molar-refractivity contribution in [3.63, 3.8) is 0 Å². The van der Waals surface area contributed by atoms with E-state index in [1.165, 1.54) is 12.1 Å². The van der Waals surface area contributed by atoms with Gasteiger partial charge in [0.05, 0.1) is 11.0 Å². The summed E-state index contributed by atoms with van der Waals surface area (Å²) < 4.78 is 34.1. The summed E-state index contributed by atoms with van der Waals surface area (Å²) in [6.07, 6.45) is 3.38. The van der Waals surface area contributed by atoms with Crippen LogP contribution in [0.5, 0.6) is 5.75 Å². The number of amides is 1. The van der Waals surface area contributed by atoms with Gasteiger partial charge in [0.25, 0.3) is 5.91 Å². The first kappa shape index (κ1) is 24.1. The van der Waals surface area contributed by atoms with E-state index in [4.69, 9.17) is 15.7 Å². The van der Waals surface area contributed by atoms with Crippen LogP contribution in [0.1, 0.15) is 45.6 Å². The number of benzene rings is 1. The molecule has 0 bridgehead atoms. The van der Waals surface area contributed by atoms with Crippen molar-refractivity contribution in [3.8, 4) is 11.9 Å². The van der Waals surface area contributed by atoms with Crippen LogP contribution in [0.4, 0.5) is 0 Å². The van der Waals surface area contributed by atoms with E-state index in [9.17, 15) is 18.3 Å². The summed E-state index contributed by atoms with van der Waals surface area (Å²) in [5.41, 5.74) is 4.44. The molecule has 174 valence electrons. The highest BCUT2D eigenvalue weighted by atomic mass is 32.2. The van der Waals surface area contributed by atoms with Crippen LogP contribution in [0, 0.1) is 11.5 Å². The molecular weight excluding hydrogens is 434 g/mol. The predicted octanol–water partition coefficient (Wildman–Crippen LogP) is 0.948. The summed E-state index contributed by atoms with van der Waals surface area (Å²) in [5.74, 6) is -0.126. The topological polar surface area (TPSA) is 149 Å². The van der Waals surface area contributed by atoms with Crippen LogP contribution in [0.25, 0.3) is 0 Å². The second-order valence-corrected chi connectivity index (χ2v) is 10.5. The van der Waals surface area contributed by atoms with E-state index in [0.29, 0.717) is 24.2 Å². The molecule has 0 radical (unpaired) electrons. The van der Waals surface area contributed by atoms with Crippen molar-refractivity contribution in [2.75, 3.05) is 13.1 Å². The molecule has 10 nitrogen and oxygen atoms in total. The maximum absolute atomic E-state index is 13.6. The Morgan fingerprint density at radius 3 is 2.84 bits per heavy atom. The van der Waals surface area contributed by atoms with Gasteiger partial charge in [0.2, 0.25) is 16.2 Å². The minimum absolute atomic E-state index is 0.0231. The van der Waals surface area contributed by atoms with Crippen LogP contribution in [0.3, 0.4) is 0 Å². The number of aliphatic hydroxyl groups excluding tert-OH is 1. The molecule has 1 saturated heterocycles. The molecule has 1 aromatic rings. The van der Waals surface area contributed by atoms with Crippen LogP contribution in [-0.4, -0.2) is 65.4 Å². The lowest BCUT2D eigenvalue weighted by molar-refractivity contribution is -0.138. The zero-order valence-corrected chi connectivity index (χ0v) is 19.3. The average Bonchev–Trinajstić information content (AvgIpc) is 2.74. The summed E-state index contributed by atoms with van der Waals surface area (Å²) >= 11 is 0. The number of carbonyl (C=O) groups excluding carboxylic acids is 1. The first-order valence-electron chi connectivity index (χ1n) is 10.5. The maximum Gasteiger partial charge on any atom is 0.263 e. The Hall–Kier alpha value is -2.52. The number of rotatable bonds is 5. The van der Waals surface area contributed by atoms with Crippen molar-refractivity contribution in [1.29, 1.82) is 5.26 Å². The van der Waals surface area contributed by atoms with E-state index in [1.54, 1.807) is 33.0 Å². The lowest BCUT2D eigenvalue weighted by Gasteiger charge is -2.43. The molecular formula is C21H29N5O5S. The number of nitrogens with two attached hydrogens (primary N) is 1. The fourth-order valence-corrected chi connectivity index (χ4v) is 5.81. The monoisotopic (exact) mass is 463 g/mol. The number of sulfonamides is 1. The highest BCUT2D eigenvalue weighted by Crippen LogP contribution is 2.37. The number of piperidine rings is 1. The highest BCUT2D eigenvalue weighted by molar-refractivity contribution is 7.89. The van der Waals surface area contributed by atoms with E-state index in [2.05, 4.69) is 4.99 Å². The van der Waals surface area contributed by atoms with E-state index < -0.39 is 33.3 Å². The number of nitrogens with zero attached hydrogens (tertiary/aromatic N) is 4. The van der Waals surface area contributed by atoms with Gasteiger partial charge in [-0.05, 0) is 63.8 Å². The molecule has 2 heterocycles. The molecule has 1 fully saturated rings.